The van der Waals surface area contributed by atoms with Crippen LogP contribution >= 0.6 is 0 Å². The molecule has 2 unspecified atom stereocenters. The molecule has 0 bridgehead atoms. The van der Waals surface area contributed by atoms with Crippen LogP contribution in [-0.2, 0) is 0 Å². The number of likely N-dealkylation sites (tertiary alicyclic amines) is 1. The molecule has 0 spiro atoms. The summed E-state index contributed by atoms with van der Waals surface area (Å²) in [5, 5.41) is 9.64. The highest BCUT2D eigenvalue weighted by Crippen LogP contribution is 2.39. The lowest BCUT2D eigenvalue weighted by Crippen LogP contribution is -2.62. The molecule has 2 fully saturated rings. The standard InChI is InChI=1S/C12H23NO/c1-10-4-3-5-12(6-10,9-14)13-7-11(2)8-13/h10-11,14H,3-9H2,1-2H3. The van der Waals surface area contributed by atoms with Gasteiger partial charge in [-0.3, -0.25) is 4.90 Å². The lowest BCUT2D eigenvalue weighted by atomic mass is 9.73. The predicted octanol–water partition coefficient (Wildman–Crippen LogP) is 1.88. The van der Waals surface area contributed by atoms with Crippen molar-refractivity contribution < 1.29 is 5.11 Å². The van der Waals surface area contributed by atoms with Crippen LogP contribution in [0.4, 0.5) is 0 Å². The van der Waals surface area contributed by atoms with E-state index < -0.39 is 0 Å². The minimum Gasteiger partial charge on any atom is -0.394 e. The molecule has 0 aromatic carbocycles. The summed E-state index contributed by atoms with van der Waals surface area (Å²) >= 11 is 0. The fourth-order valence-corrected chi connectivity index (χ4v) is 3.25. The van der Waals surface area contributed by atoms with Crippen LogP contribution in [0, 0.1) is 11.8 Å². The first-order valence-corrected chi connectivity index (χ1v) is 6.02. The molecular weight excluding hydrogens is 174 g/mol. The summed E-state index contributed by atoms with van der Waals surface area (Å²) in [4.78, 5) is 2.52. The van der Waals surface area contributed by atoms with Crippen molar-refractivity contribution in [3.63, 3.8) is 0 Å². The number of aliphatic hydroxyl groups is 1. The summed E-state index contributed by atoms with van der Waals surface area (Å²) in [5.74, 6) is 1.64. The van der Waals surface area contributed by atoms with Crippen LogP contribution in [0.5, 0.6) is 0 Å². The van der Waals surface area contributed by atoms with Crippen molar-refractivity contribution in [1.82, 2.24) is 4.90 Å². The Bertz CT molecular complexity index is 200. The van der Waals surface area contributed by atoms with E-state index in [4.69, 9.17) is 0 Å². The maximum atomic E-state index is 9.64. The van der Waals surface area contributed by atoms with E-state index in [-0.39, 0.29) is 5.54 Å². The molecule has 2 nitrogen and oxygen atoms in total. The third-order valence-electron chi connectivity index (χ3n) is 4.10. The molecule has 2 aliphatic rings. The van der Waals surface area contributed by atoms with Crippen molar-refractivity contribution in [2.24, 2.45) is 11.8 Å². The molecule has 2 heteroatoms. The second-order valence-electron chi connectivity index (χ2n) is 5.59. The van der Waals surface area contributed by atoms with E-state index >= 15 is 0 Å². The van der Waals surface area contributed by atoms with Crippen LogP contribution in [0.25, 0.3) is 0 Å². The summed E-state index contributed by atoms with van der Waals surface area (Å²) in [6.07, 6.45) is 5.06. The van der Waals surface area contributed by atoms with Crippen LogP contribution in [0.3, 0.4) is 0 Å². The summed E-state index contributed by atoms with van der Waals surface area (Å²) in [6.45, 7) is 7.39. The lowest BCUT2D eigenvalue weighted by molar-refractivity contribution is -0.0708. The molecule has 82 valence electrons. The molecule has 14 heavy (non-hydrogen) atoms. The highest BCUT2D eigenvalue weighted by atomic mass is 16.3. The Morgan fingerprint density at radius 2 is 2.00 bits per heavy atom. The second-order valence-corrected chi connectivity index (χ2v) is 5.59. The number of hydrogen-bond acceptors (Lipinski definition) is 2. The Balaban J connectivity index is 2.01. The molecule has 0 aromatic heterocycles. The topological polar surface area (TPSA) is 23.5 Å². The Morgan fingerprint density at radius 3 is 2.50 bits per heavy atom. The number of hydrogen-bond donors (Lipinski definition) is 1. The number of rotatable bonds is 2. The molecule has 0 amide bonds. The zero-order valence-corrected chi connectivity index (χ0v) is 9.50. The zero-order valence-electron chi connectivity index (χ0n) is 9.50. The fourth-order valence-electron chi connectivity index (χ4n) is 3.25. The van der Waals surface area contributed by atoms with E-state index in [9.17, 15) is 5.11 Å². The first-order valence-electron chi connectivity index (χ1n) is 6.02. The molecule has 0 radical (unpaired) electrons. The van der Waals surface area contributed by atoms with Crippen molar-refractivity contribution in [2.75, 3.05) is 19.7 Å². The van der Waals surface area contributed by atoms with Gasteiger partial charge in [0.25, 0.3) is 0 Å². The normalized spacial score (nSPS) is 40.9. The lowest BCUT2D eigenvalue weighted by Gasteiger charge is -2.54. The Kier molecular flexibility index (Phi) is 2.85. The SMILES string of the molecule is CC1CN(C2(CO)CCCC(C)C2)C1. The Labute approximate surface area is 87.3 Å². The molecule has 1 aliphatic carbocycles. The predicted molar refractivity (Wildman–Crippen MR) is 58.2 cm³/mol. The van der Waals surface area contributed by atoms with Crippen molar-refractivity contribution in [1.29, 1.82) is 0 Å². The van der Waals surface area contributed by atoms with Crippen molar-refractivity contribution >= 4 is 0 Å². The summed E-state index contributed by atoms with van der Waals surface area (Å²) in [6, 6.07) is 0. The Hall–Kier alpha value is -0.0800. The van der Waals surface area contributed by atoms with E-state index in [1.165, 1.54) is 38.8 Å². The van der Waals surface area contributed by atoms with Gasteiger partial charge in [-0.15, -0.1) is 0 Å². The minimum absolute atomic E-state index is 0.157. The first-order chi connectivity index (χ1) is 6.66. The smallest absolute Gasteiger partial charge is 0.0615 e. The quantitative estimate of drug-likeness (QED) is 0.730. The minimum atomic E-state index is 0.157. The largest absolute Gasteiger partial charge is 0.394 e. The van der Waals surface area contributed by atoms with Crippen LogP contribution in [0.1, 0.15) is 39.5 Å². The van der Waals surface area contributed by atoms with Gasteiger partial charge >= 0.3 is 0 Å². The van der Waals surface area contributed by atoms with E-state index in [0.29, 0.717) is 6.61 Å². The molecule has 2 atom stereocenters. The van der Waals surface area contributed by atoms with Crippen LogP contribution in [-0.4, -0.2) is 35.2 Å². The van der Waals surface area contributed by atoms with Gasteiger partial charge < -0.3 is 5.11 Å². The van der Waals surface area contributed by atoms with Gasteiger partial charge in [0.15, 0.2) is 0 Å². The average molecular weight is 197 g/mol. The van der Waals surface area contributed by atoms with Gasteiger partial charge in [-0.2, -0.15) is 0 Å². The van der Waals surface area contributed by atoms with E-state index in [1.807, 2.05) is 0 Å². The highest BCUT2D eigenvalue weighted by molar-refractivity contribution is 4.98. The number of aliphatic hydroxyl groups excluding tert-OH is 1. The molecule has 0 aromatic rings. The van der Waals surface area contributed by atoms with Gasteiger partial charge in [-0.25, -0.2) is 0 Å². The van der Waals surface area contributed by atoms with Crippen LogP contribution in [0.2, 0.25) is 0 Å². The van der Waals surface area contributed by atoms with Crippen molar-refractivity contribution in [2.45, 2.75) is 45.1 Å². The van der Waals surface area contributed by atoms with Crippen molar-refractivity contribution in [3.05, 3.63) is 0 Å². The summed E-state index contributed by atoms with van der Waals surface area (Å²) in [7, 11) is 0. The van der Waals surface area contributed by atoms with Gasteiger partial charge in [0, 0.05) is 18.6 Å². The number of nitrogens with zero attached hydrogens (tertiary/aromatic N) is 1. The third kappa shape index (κ3) is 1.70. The second kappa shape index (κ2) is 3.82. The maximum absolute atomic E-state index is 9.64. The van der Waals surface area contributed by atoms with E-state index in [0.717, 1.165) is 11.8 Å². The molecule has 1 heterocycles. The van der Waals surface area contributed by atoms with Crippen LogP contribution in [0.15, 0.2) is 0 Å². The highest BCUT2D eigenvalue weighted by Gasteiger charge is 2.43. The first kappa shape index (κ1) is 10.4. The van der Waals surface area contributed by atoms with Gasteiger partial charge in [-0.1, -0.05) is 26.7 Å². The van der Waals surface area contributed by atoms with Crippen LogP contribution < -0.4 is 0 Å². The fraction of sp³-hybridized carbons (Fsp3) is 1.00. The molecule has 1 aliphatic heterocycles. The molecule has 2 rings (SSSR count). The van der Waals surface area contributed by atoms with Gasteiger partial charge in [0.2, 0.25) is 0 Å². The Morgan fingerprint density at radius 1 is 1.29 bits per heavy atom. The monoisotopic (exact) mass is 197 g/mol. The molecular formula is C12H23NO. The van der Waals surface area contributed by atoms with Crippen molar-refractivity contribution in [3.8, 4) is 0 Å². The summed E-state index contributed by atoms with van der Waals surface area (Å²) < 4.78 is 0. The molecule has 1 saturated carbocycles. The summed E-state index contributed by atoms with van der Waals surface area (Å²) in [5.41, 5.74) is 0.157. The molecule has 1 saturated heterocycles. The average Bonchev–Trinajstić information content (AvgIpc) is 2.13. The van der Waals surface area contributed by atoms with Gasteiger partial charge in [0.1, 0.15) is 0 Å². The van der Waals surface area contributed by atoms with E-state index in [1.54, 1.807) is 0 Å². The maximum Gasteiger partial charge on any atom is 0.0615 e. The van der Waals surface area contributed by atoms with Gasteiger partial charge in [-0.05, 0) is 24.7 Å². The van der Waals surface area contributed by atoms with E-state index in [2.05, 4.69) is 18.7 Å². The molecule has 1 N–H and O–H groups in total. The van der Waals surface area contributed by atoms with Gasteiger partial charge in [0.05, 0.1) is 6.61 Å². The zero-order chi connectivity index (χ0) is 10.2. The third-order valence-corrected chi connectivity index (χ3v) is 4.10.